The van der Waals surface area contributed by atoms with Crippen molar-refractivity contribution >= 4 is 11.7 Å². The molecular formula is C16H19F3N6O. The summed E-state index contributed by atoms with van der Waals surface area (Å²) in [6.07, 6.45) is -1.37. The van der Waals surface area contributed by atoms with Crippen LogP contribution in [0.3, 0.4) is 0 Å². The Balaban J connectivity index is 1.63. The number of carbonyl (C=O) groups is 1. The van der Waals surface area contributed by atoms with E-state index in [1.807, 2.05) is 23.2 Å². The van der Waals surface area contributed by atoms with Gasteiger partial charge in [-0.3, -0.25) is 4.79 Å². The van der Waals surface area contributed by atoms with E-state index >= 15 is 0 Å². The summed E-state index contributed by atoms with van der Waals surface area (Å²) in [6.45, 7) is 1.56. The zero-order valence-corrected chi connectivity index (χ0v) is 14.2. The molecule has 0 saturated carbocycles. The smallest absolute Gasteiger partial charge is 0.354 e. The van der Waals surface area contributed by atoms with Crippen molar-refractivity contribution in [3.63, 3.8) is 0 Å². The van der Waals surface area contributed by atoms with E-state index in [9.17, 15) is 18.0 Å². The number of halogens is 3. The number of nitrogens with zero attached hydrogens (tertiary/aromatic N) is 5. The van der Waals surface area contributed by atoms with E-state index in [0.717, 1.165) is 5.69 Å². The van der Waals surface area contributed by atoms with Crippen molar-refractivity contribution in [2.24, 2.45) is 5.92 Å². The minimum atomic E-state index is -4.41. The van der Waals surface area contributed by atoms with Crippen LogP contribution >= 0.6 is 0 Å². The Kier molecular flexibility index (Phi) is 5.10. The maximum Gasteiger partial charge on any atom is 0.405 e. The predicted molar refractivity (Wildman–Crippen MR) is 87.9 cm³/mol. The maximum absolute atomic E-state index is 12.3. The number of piperidine rings is 1. The third kappa shape index (κ3) is 4.50. The lowest BCUT2D eigenvalue weighted by Crippen LogP contribution is -2.45. The van der Waals surface area contributed by atoms with Gasteiger partial charge in [0.15, 0.2) is 11.6 Å². The molecule has 0 radical (unpaired) electrons. The standard InChI is InChI=1S/C16H19F3N6O/c1-11-6-8-25(23-11)14-5-4-13(21-22-14)24-7-2-3-12(9-24)15(26)20-10-16(17,18)19/h4-6,8,12H,2-3,7,9-10H2,1H3,(H,20,26). The highest BCUT2D eigenvalue weighted by Crippen LogP contribution is 2.22. The molecule has 0 spiro atoms. The lowest BCUT2D eigenvalue weighted by Gasteiger charge is -2.32. The topological polar surface area (TPSA) is 75.9 Å². The summed E-state index contributed by atoms with van der Waals surface area (Å²) < 4.78 is 38.4. The van der Waals surface area contributed by atoms with Gasteiger partial charge in [0, 0.05) is 19.3 Å². The quantitative estimate of drug-likeness (QED) is 0.892. The molecule has 10 heteroatoms. The average Bonchev–Trinajstić information content (AvgIpc) is 3.06. The number of aryl methyl sites for hydroxylation is 1. The molecular weight excluding hydrogens is 349 g/mol. The largest absolute Gasteiger partial charge is 0.405 e. The first-order chi connectivity index (χ1) is 12.3. The lowest BCUT2D eigenvalue weighted by molar-refractivity contribution is -0.140. The first kappa shape index (κ1) is 18.2. The van der Waals surface area contributed by atoms with Crippen LogP contribution in [-0.2, 0) is 4.79 Å². The fourth-order valence-corrected chi connectivity index (χ4v) is 2.88. The van der Waals surface area contributed by atoms with Gasteiger partial charge in [-0.25, -0.2) is 4.68 Å². The van der Waals surface area contributed by atoms with E-state index in [2.05, 4.69) is 15.3 Å². The zero-order valence-electron chi connectivity index (χ0n) is 14.2. The van der Waals surface area contributed by atoms with Crippen LogP contribution < -0.4 is 10.2 Å². The van der Waals surface area contributed by atoms with Crippen LogP contribution in [-0.4, -0.2) is 51.7 Å². The second-order valence-corrected chi connectivity index (χ2v) is 6.27. The molecule has 0 bridgehead atoms. The Morgan fingerprint density at radius 2 is 2.00 bits per heavy atom. The normalized spacial score (nSPS) is 18.0. The maximum atomic E-state index is 12.3. The fourth-order valence-electron chi connectivity index (χ4n) is 2.88. The molecule has 3 rings (SSSR count). The minimum absolute atomic E-state index is 0.318. The molecule has 0 aliphatic carbocycles. The summed E-state index contributed by atoms with van der Waals surface area (Å²) in [5.74, 6) is 0.0780. The van der Waals surface area contributed by atoms with Gasteiger partial charge in [0.1, 0.15) is 6.54 Å². The predicted octanol–water partition coefficient (Wildman–Crippen LogP) is 1.87. The number of hydrogen-bond donors (Lipinski definition) is 1. The molecule has 1 fully saturated rings. The number of anilines is 1. The highest BCUT2D eigenvalue weighted by Gasteiger charge is 2.31. The minimum Gasteiger partial charge on any atom is -0.354 e. The van der Waals surface area contributed by atoms with Gasteiger partial charge in [-0.15, -0.1) is 10.2 Å². The molecule has 2 aromatic heterocycles. The summed E-state index contributed by atoms with van der Waals surface area (Å²) in [6, 6.07) is 5.39. The molecule has 140 valence electrons. The van der Waals surface area contributed by atoms with E-state index < -0.39 is 24.5 Å². The molecule has 26 heavy (non-hydrogen) atoms. The molecule has 1 aliphatic heterocycles. The third-order valence-electron chi connectivity index (χ3n) is 4.17. The number of hydrogen-bond acceptors (Lipinski definition) is 5. The fraction of sp³-hybridized carbons (Fsp3) is 0.500. The van der Waals surface area contributed by atoms with E-state index in [0.29, 0.717) is 37.6 Å². The highest BCUT2D eigenvalue weighted by molar-refractivity contribution is 5.79. The number of alkyl halides is 3. The second-order valence-electron chi connectivity index (χ2n) is 6.27. The van der Waals surface area contributed by atoms with Gasteiger partial charge in [0.05, 0.1) is 11.6 Å². The van der Waals surface area contributed by atoms with Crippen LogP contribution in [0.1, 0.15) is 18.5 Å². The van der Waals surface area contributed by atoms with Crippen LogP contribution in [0.2, 0.25) is 0 Å². The van der Waals surface area contributed by atoms with Gasteiger partial charge < -0.3 is 10.2 Å². The first-order valence-electron chi connectivity index (χ1n) is 8.27. The number of amides is 1. The van der Waals surface area contributed by atoms with Crippen molar-refractivity contribution in [2.75, 3.05) is 24.5 Å². The lowest BCUT2D eigenvalue weighted by atomic mass is 9.97. The number of aromatic nitrogens is 4. The van der Waals surface area contributed by atoms with E-state index in [1.165, 1.54) is 0 Å². The molecule has 3 heterocycles. The average molecular weight is 368 g/mol. The molecule has 1 unspecified atom stereocenters. The number of rotatable bonds is 4. The molecule has 1 saturated heterocycles. The summed E-state index contributed by atoms with van der Waals surface area (Å²) in [7, 11) is 0. The van der Waals surface area contributed by atoms with Crippen molar-refractivity contribution in [1.29, 1.82) is 0 Å². The van der Waals surface area contributed by atoms with Crippen molar-refractivity contribution < 1.29 is 18.0 Å². The molecule has 1 amide bonds. The Morgan fingerprint density at radius 3 is 2.62 bits per heavy atom. The summed E-state index contributed by atoms with van der Waals surface area (Å²) in [5.41, 5.74) is 0.861. The van der Waals surface area contributed by atoms with E-state index in [1.54, 1.807) is 23.0 Å². The Morgan fingerprint density at radius 1 is 1.27 bits per heavy atom. The van der Waals surface area contributed by atoms with Gasteiger partial charge in [-0.1, -0.05) is 0 Å². The molecule has 7 nitrogen and oxygen atoms in total. The molecule has 1 aliphatic rings. The SMILES string of the molecule is Cc1ccn(-c2ccc(N3CCCC(C(=O)NCC(F)(F)F)C3)nn2)n1. The highest BCUT2D eigenvalue weighted by atomic mass is 19.4. The van der Waals surface area contributed by atoms with Gasteiger partial charge in [-0.05, 0) is 38.0 Å². The van der Waals surface area contributed by atoms with Crippen molar-refractivity contribution in [3.8, 4) is 5.82 Å². The van der Waals surface area contributed by atoms with Crippen molar-refractivity contribution in [1.82, 2.24) is 25.3 Å². The molecule has 1 atom stereocenters. The molecule has 1 N–H and O–H groups in total. The Labute approximate surface area is 148 Å². The van der Waals surface area contributed by atoms with Crippen LogP contribution in [0.25, 0.3) is 5.82 Å². The van der Waals surface area contributed by atoms with E-state index in [-0.39, 0.29) is 0 Å². The van der Waals surface area contributed by atoms with Crippen LogP contribution in [0.15, 0.2) is 24.4 Å². The summed E-state index contributed by atoms with van der Waals surface area (Å²) >= 11 is 0. The molecule has 2 aromatic rings. The summed E-state index contributed by atoms with van der Waals surface area (Å²) in [5, 5.41) is 14.5. The zero-order chi connectivity index (χ0) is 18.7. The van der Waals surface area contributed by atoms with Crippen LogP contribution in [0, 0.1) is 12.8 Å². The monoisotopic (exact) mass is 368 g/mol. The number of nitrogens with one attached hydrogen (secondary N) is 1. The van der Waals surface area contributed by atoms with Crippen molar-refractivity contribution in [3.05, 3.63) is 30.1 Å². The van der Waals surface area contributed by atoms with Gasteiger partial charge in [0.25, 0.3) is 0 Å². The summed E-state index contributed by atoms with van der Waals surface area (Å²) in [4.78, 5) is 13.8. The second kappa shape index (κ2) is 7.30. The van der Waals surface area contributed by atoms with Crippen LogP contribution in [0.5, 0.6) is 0 Å². The first-order valence-corrected chi connectivity index (χ1v) is 8.27. The van der Waals surface area contributed by atoms with Gasteiger partial charge in [0.2, 0.25) is 5.91 Å². The Hall–Kier alpha value is -2.65. The number of carbonyl (C=O) groups excluding carboxylic acids is 1. The third-order valence-corrected chi connectivity index (χ3v) is 4.17. The van der Waals surface area contributed by atoms with E-state index in [4.69, 9.17) is 0 Å². The Bertz CT molecular complexity index is 758. The van der Waals surface area contributed by atoms with Crippen LogP contribution in [0.4, 0.5) is 19.0 Å². The van der Waals surface area contributed by atoms with Gasteiger partial charge >= 0.3 is 6.18 Å². The molecule has 0 aromatic carbocycles. The van der Waals surface area contributed by atoms with Crippen molar-refractivity contribution in [2.45, 2.75) is 25.9 Å². The van der Waals surface area contributed by atoms with Gasteiger partial charge in [-0.2, -0.15) is 18.3 Å².